The Morgan fingerprint density at radius 3 is 2.44 bits per heavy atom. The van der Waals surface area contributed by atoms with Crippen LogP contribution in [0.5, 0.6) is 0 Å². The first-order valence-corrected chi connectivity index (χ1v) is 6.36. The molecule has 0 radical (unpaired) electrons. The second-order valence-electron chi connectivity index (χ2n) is 4.92. The molecule has 1 amide bonds. The van der Waals surface area contributed by atoms with Gasteiger partial charge in [0.1, 0.15) is 0 Å². The third-order valence-electron chi connectivity index (χ3n) is 3.20. The molecule has 0 aromatic heterocycles. The van der Waals surface area contributed by atoms with Crippen LogP contribution in [-0.2, 0) is 9.53 Å². The maximum absolute atomic E-state index is 10.6. The number of ether oxygens (including phenoxy) is 1. The van der Waals surface area contributed by atoms with E-state index in [1.165, 1.54) is 19.3 Å². The molecule has 0 aromatic rings. The summed E-state index contributed by atoms with van der Waals surface area (Å²) in [6.45, 7) is 9.05. The summed E-state index contributed by atoms with van der Waals surface area (Å²) < 4.78 is 5.79. The summed E-state index contributed by atoms with van der Waals surface area (Å²) >= 11 is 0. The van der Waals surface area contributed by atoms with E-state index in [-0.39, 0.29) is 11.5 Å². The fraction of sp³-hybridized carbons (Fsp3) is 0.923. The van der Waals surface area contributed by atoms with Crippen LogP contribution < -0.4 is 5.73 Å². The van der Waals surface area contributed by atoms with Crippen LogP contribution in [0, 0.1) is 5.92 Å². The lowest BCUT2D eigenvalue weighted by Crippen LogP contribution is -2.35. The first-order valence-electron chi connectivity index (χ1n) is 6.36. The van der Waals surface area contributed by atoms with E-state index in [1.54, 1.807) is 0 Å². The predicted octanol–water partition coefficient (Wildman–Crippen LogP) is 2.87. The van der Waals surface area contributed by atoms with Crippen molar-refractivity contribution in [1.29, 1.82) is 0 Å². The topological polar surface area (TPSA) is 52.3 Å². The number of hydrogen-bond donors (Lipinski definition) is 1. The Labute approximate surface area is 99.7 Å². The van der Waals surface area contributed by atoms with Gasteiger partial charge in [0, 0.05) is 6.42 Å². The van der Waals surface area contributed by atoms with Gasteiger partial charge in [-0.1, -0.05) is 33.1 Å². The van der Waals surface area contributed by atoms with Crippen molar-refractivity contribution in [3.63, 3.8) is 0 Å². The smallest absolute Gasteiger partial charge is 0.219 e. The minimum Gasteiger partial charge on any atom is -0.375 e. The van der Waals surface area contributed by atoms with Gasteiger partial charge in [0.15, 0.2) is 0 Å². The van der Waals surface area contributed by atoms with Gasteiger partial charge in [0.25, 0.3) is 0 Å². The molecular weight excluding hydrogens is 202 g/mol. The van der Waals surface area contributed by atoms with Gasteiger partial charge in [0.05, 0.1) is 12.2 Å². The van der Waals surface area contributed by atoms with E-state index in [1.807, 2.05) is 0 Å². The van der Waals surface area contributed by atoms with Crippen molar-refractivity contribution in [2.45, 2.75) is 65.4 Å². The highest BCUT2D eigenvalue weighted by atomic mass is 16.5. The molecule has 16 heavy (non-hydrogen) atoms. The van der Waals surface area contributed by atoms with Gasteiger partial charge in [-0.3, -0.25) is 4.79 Å². The minimum atomic E-state index is -0.294. The van der Waals surface area contributed by atoms with Gasteiger partial charge in [-0.25, -0.2) is 0 Å². The van der Waals surface area contributed by atoms with Gasteiger partial charge in [-0.2, -0.15) is 0 Å². The lowest BCUT2D eigenvalue weighted by molar-refractivity contribution is -0.122. The van der Waals surface area contributed by atoms with Gasteiger partial charge in [-0.15, -0.1) is 0 Å². The molecule has 0 rings (SSSR count). The van der Waals surface area contributed by atoms with Crippen LogP contribution in [0.4, 0.5) is 0 Å². The molecule has 96 valence electrons. The molecule has 0 aliphatic heterocycles. The zero-order chi connectivity index (χ0) is 12.6. The Balaban J connectivity index is 4.08. The van der Waals surface area contributed by atoms with Crippen LogP contribution >= 0.6 is 0 Å². The summed E-state index contributed by atoms with van der Waals surface area (Å²) in [5, 5.41) is 0. The Hall–Kier alpha value is -0.570. The first-order chi connectivity index (χ1) is 7.44. The lowest BCUT2D eigenvalue weighted by Gasteiger charge is -2.34. The first kappa shape index (κ1) is 15.4. The number of unbranched alkanes of at least 4 members (excludes halogenated alkanes) is 1. The number of primary amides is 1. The van der Waals surface area contributed by atoms with Crippen molar-refractivity contribution in [3.05, 3.63) is 0 Å². The minimum absolute atomic E-state index is 0.153. The summed E-state index contributed by atoms with van der Waals surface area (Å²) in [5.74, 6) is 0.262. The Bertz CT molecular complexity index is 202. The van der Waals surface area contributed by atoms with Crippen molar-refractivity contribution in [1.82, 2.24) is 0 Å². The number of hydrogen-bond acceptors (Lipinski definition) is 2. The highest BCUT2D eigenvalue weighted by Gasteiger charge is 2.28. The largest absolute Gasteiger partial charge is 0.375 e. The van der Waals surface area contributed by atoms with Gasteiger partial charge in [0.2, 0.25) is 5.91 Å². The zero-order valence-electron chi connectivity index (χ0n) is 11.2. The molecule has 0 aliphatic carbocycles. The van der Waals surface area contributed by atoms with Crippen LogP contribution in [0.1, 0.15) is 59.8 Å². The number of nitrogens with two attached hydrogens (primary N) is 1. The molecular formula is C13H27NO2. The number of carbonyl (C=O) groups is 1. The lowest BCUT2D eigenvalue weighted by atomic mass is 9.84. The number of carbonyl (C=O) groups excluding carboxylic acids is 1. The highest BCUT2D eigenvalue weighted by Crippen LogP contribution is 2.29. The third-order valence-corrected chi connectivity index (χ3v) is 3.20. The molecule has 0 fully saturated rings. The average Bonchev–Trinajstić information content (AvgIpc) is 2.17. The Morgan fingerprint density at radius 1 is 1.38 bits per heavy atom. The van der Waals surface area contributed by atoms with E-state index in [0.717, 1.165) is 6.42 Å². The average molecular weight is 229 g/mol. The quantitative estimate of drug-likeness (QED) is 0.661. The zero-order valence-corrected chi connectivity index (χ0v) is 11.2. The Morgan fingerprint density at radius 2 is 2.00 bits per heavy atom. The number of amides is 1. The van der Waals surface area contributed by atoms with E-state index in [2.05, 4.69) is 27.7 Å². The normalized spacial score (nSPS) is 13.8. The predicted molar refractivity (Wildman–Crippen MR) is 67.1 cm³/mol. The summed E-state index contributed by atoms with van der Waals surface area (Å²) in [5.41, 5.74) is 4.94. The van der Waals surface area contributed by atoms with E-state index >= 15 is 0 Å². The van der Waals surface area contributed by atoms with E-state index in [4.69, 9.17) is 10.5 Å². The molecule has 3 heteroatoms. The van der Waals surface area contributed by atoms with Crippen molar-refractivity contribution >= 4 is 5.91 Å². The highest BCUT2D eigenvalue weighted by molar-refractivity contribution is 5.73. The molecule has 0 saturated heterocycles. The molecule has 0 spiro atoms. The van der Waals surface area contributed by atoms with E-state index in [0.29, 0.717) is 18.9 Å². The van der Waals surface area contributed by atoms with Crippen molar-refractivity contribution < 1.29 is 9.53 Å². The van der Waals surface area contributed by atoms with Crippen molar-refractivity contribution in [2.24, 2.45) is 11.7 Å². The Kier molecular flexibility index (Phi) is 7.39. The van der Waals surface area contributed by atoms with Crippen LogP contribution in [0.15, 0.2) is 0 Å². The van der Waals surface area contributed by atoms with E-state index < -0.39 is 0 Å². The maximum Gasteiger partial charge on any atom is 0.219 e. The second-order valence-corrected chi connectivity index (χ2v) is 4.92. The molecule has 0 bridgehead atoms. The molecule has 3 nitrogen and oxygen atoms in total. The van der Waals surface area contributed by atoms with Crippen LogP contribution in [0.25, 0.3) is 0 Å². The second kappa shape index (κ2) is 7.66. The van der Waals surface area contributed by atoms with Gasteiger partial charge in [-0.05, 0) is 26.2 Å². The van der Waals surface area contributed by atoms with Crippen LogP contribution in [0.2, 0.25) is 0 Å². The summed E-state index contributed by atoms with van der Waals surface area (Å²) in [6.07, 6.45) is 5.07. The number of rotatable bonds is 9. The molecule has 0 aromatic carbocycles. The van der Waals surface area contributed by atoms with Crippen molar-refractivity contribution in [3.8, 4) is 0 Å². The fourth-order valence-corrected chi connectivity index (χ4v) is 2.03. The molecule has 0 aliphatic rings. The molecule has 2 N–H and O–H groups in total. The summed E-state index contributed by atoms with van der Waals surface area (Å²) in [7, 11) is 0. The van der Waals surface area contributed by atoms with Crippen LogP contribution in [0.3, 0.4) is 0 Å². The van der Waals surface area contributed by atoms with Crippen molar-refractivity contribution in [2.75, 3.05) is 6.61 Å². The molecule has 1 unspecified atom stereocenters. The van der Waals surface area contributed by atoms with Gasteiger partial charge < -0.3 is 10.5 Å². The fourth-order valence-electron chi connectivity index (χ4n) is 2.03. The SMILES string of the molecule is CCCCC(CC)C(C)(C)OCCC(N)=O. The summed E-state index contributed by atoms with van der Waals surface area (Å²) in [6, 6.07) is 0. The van der Waals surface area contributed by atoms with Crippen LogP contribution in [-0.4, -0.2) is 18.1 Å². The third kappa shape index (κ3) is 6.11. The molecule has 0 heterocycles. The maximum atomic E-state index is 10.6. The van der Waals surface area contributed by atoms with E-state index in [9.17, 15) is 4.79 Å². The summed E-state index contributed by atoms with van der Waals surface area (Å²) in [4.78, 5) is 10.6. The standard InChI is InChI=1S/C13H27NO2/c1-5-7-8-11(6-2)13(3,4)16-10-9-12(14)15/h11H,5-10H2,1-4H3,(H2,14,15). The molecule has 0 saturated carbocycles. The molecule has 1 atom stereocenters. The monoisotopic (exact) mass is 229 g/mol. The van der Waals surface area contributed by atoms with Gasteiger partial charge >= 0.3 is 0 Å².